The Morgan fingerprint density at radius 1 is 1.13 bits per heavy atom. The number of anilines is 1. The van der Waals surface area contributed by atoms with Gasteiger partial charge in [0.15, 0.2) is 0 Å². The second kappa shape index (κ2) is 6.69. The highest BCUT2D eigenvalue weighted by atomic mass is 16.5. The summed E-state index contributed by atoms with van der Waals surface area (Å²) < 4.78 is 5.28. The molecule has 1 atom stereocenters. The normalized spacial score (nSPS) is 17.0. The van der Waals surface area contributed by atoms with Gasteiger partial charge in [0.25, 0.3) is 0 Å². The first kappa shape index (κ1) is 15.3. The molecule has 0 unspecified atom stereocenters. The van der Waals surface area contributed by atoms with Gasteiger partial charge in [-0.2, -0.15) is 0 Å². The summed E-state index contributed by atoms with van der Waals surface area (Å²) in [7, 11) is 0. The molecule has 0 amide bonds. The molecule has 23 heavy (non-hydrogen) atoms. The van der Waals surface area contributed by atoms with Gasteiger partial charge in [0, 0.05) is 11.3 Å². The molecule has 0 radical (unpaired) electrons. The third-order valence-corrected chi connectivity index (χ3v) is 4.14. The number of hydrogen-bond donors (Lipinski definition) is 1. The van der Waals surface area contributed by atoms with Crippen LogP contribution in [0.15, 0.2) is 60.2 Å². The van der Waals surface area contributed by atoms with Crippen molar-refractivity contribution in [1.82, 2.24) is 0 Å². The van der Waals surface area contributed by atoms with Gasteiger partial charge < -0.3 is 10.1 Å². The lowest BCUT2D eigenvalue weighted by Crippen LogP contribution is -2.10. The number of para-hydroxylation sites is 1. The van der Waals surface area contributed by atoms with Gasteiger partial charge in [0.2, 0.25) is 0 Å². The molecular formula is C20H21NO2. The minimum Gasteiger partial charge on any atom is -0.462 e. The first-order valence-corrected chi connectivity index (χ1v) is 7.98. The Hall–Kier alpha value is -2.55. The highest BCUT2D eigenvalue weighted by Gasteiger charge is 2.26. The Morgan fingerprint density at radius 2 is 1.83 bits per heavy atom. The maximum atomic E-state index is 12.5. The number of carbonyl (C=O) groups excluding carboxylic acids is 1. The number of fused-ring (bicyclic) bond motifs is 1. The van der Waals surface area contributed by atoms with Crippen LogP contribution in [0.3, 0.4) is 0 Å². The summed E-state index contributed by atoms with van der Waals surface area (Å²) in [6, 6.07) is 18.4. The first-order valence-electron chi connectivity index (χ1n) is 7.98. The molecule has 0 saturated carbocycles. The van der Waals surface area contributed by atoms with E-state index in [1.54, 1.807) is 0 Å². The molecule has 1 aliphatic heterocycles. The van der Waals surface area contributed by atoms with E-state index in [1.165, 1.54) is 5.56 Å². The van der Waals surface area contributed by atoms with Crippen LogP contribution < -0.4 is 5.32 Å². The molecule has 3 rings (SSSR count). The van der Waals surface area contributed by atoms with Gasteiger partial charge in [-0.3, -0.25) is 0 Å². The number of esters is 1. The predicted molar refractivity (Wildman–Crippen MR) is 93.1 cm³/mol. The molecule has 1 N–H and O–H groups in total. The zero-order valence-electron chi connectivity index (χ0n) is 13.5. The molecule has 0 saturated heterocycles. The zero-order chi connectivity index (χ0) is 16.2. The lowest BCUT2D eigenvalue weighted by atomic mass is 9.96. The van der Waals surface area contributed by atoms with Crippen molar-refractivity contribution in [3.63, 3.8) is 0 Å². The van der Waals surface area contributed by atoms with Gasteiger partial charge in [-0.15, -0.1) is 0 Å². The van der Waals surface area contributed by atoms with Crippen LogP contribution in [0.2, 0.25) is 0 Å². The minimum atomic E-state index is -0.243. The van der Waals surface area contributed by atoms with Gasteiger partial charge in [0.05, 0.1) is 18.2 Å². The summed E-state index contributed by atoms with van der Waals surface area (Å²) in [4.78, 5) is 12.5. The molecule has 3 nitrogen and oxygen atoms in total. The molecule has 118 valence electrons. The zero-order valence-corrected chi connectivity index (χ0v) is 13.5. The van der Waals surface area contributed by atoms with E-state index in [1.807, 2.05) is 56.3 Å². The highest BCUT2D eigenvalue weighted by molar-refractivity contribution is 6.19. The van der Waals surface area contributed by atoms with Crippen molar-refractivity contribution in [2.75, 3.05) is 11.9 Å². The van der Waals surface area contributed by atoms with E-state index < -0.39 is 0 Å². The van der Waals surface area contributed by atoms with E-state index in [4.69, 9.17) is 4.74 Å². The van der Waals surface area contributed by atoms with Crippen LogP contribution in [0.1, 0.15) is 37.4 Å². The minimum absolute atomic E-state index is 0.143. The van der Waals surface area contributed by atoms with Crippen LogP contribution in [-0.2, 0) is 9.53 Å². The average Bonchev–Trinajstić information content (AvgIpc) is 2.71. The Morgan fingerprint density at radius 3 is 2.57 bits per heavy atom. The second-order valence-corrected chi connectivity index (χ2v) is 5.73. The molecule has 1 heterocycles. The summed E-state index contributed by atoms with van der Waals surface area (Å²) in [6.45, 7) is 4.24. The fraction of sp³-hybridized carbons (Fsp3) is 0.250. The van der Waals surface area contributed by atoms with Crippen molar-refractivity contribution in [2.45, 2.75) is 26.3 Å². The number of hydrogen-bond acceptors (Lipinski definition) is 3. The van der Waals surface area contributed by atoms with Crippen LogP contribution in [0.4, 0.5) is 5.69 Å². The number of nitrogens with one attached hydrogen (secondary N) is 1. The molecule has 0 spiro atoms. The fourth-order valence-electron chi connectivity index (χ4n) is 3.08. The number of carbonyl (C=O) groups is 1. The monoisotopic (exact) mass is 307 g/mol. The summed E-state index contributed by atoms with van der Waals surface area (Å²) in [6.07, 6.45) is 0.771. The Kier molecular flexibility index (Phi) is 4.47. The molecule has 0 aliphatic carbocycles. The van der Waals surface area contributed by atoms with Gasteiger partial charge >= 0.3 is 5.97 Å². The van der Waals surface area contributed by atoms with Gasteiger partial charge in [-0.1, -0.05) is 54.1 Å². The molecular weight excluding hydrogens is 286 g/mol. The van der Waals surface area contributed by atoms with E-state index in [0.717, 1.165) is 23.2 Å². The van der Waals surface area contributed by atoms with Gasteiger partial charge in [0.1, 0.15) is 0 Å². The van der Waals surface area contributed by atoms with Crippen LogP contribution in [0, 0.1) is 0 Å². The summed E-state index contributed by atoms with van der Waals surface area (Å²) in [5, 5.41) is 3.58. The first-order chi connectivity index (χ1) is 11.2. The van der Waals surface area contributed by atoms with Crippen molar-refractivity contribution in [3.8, 4) is 0 Å². The Bertz CT molecular complexity index is 734. The predicted octanol–water partition coefficient (Wildman–Crippen LogP) is 4.58. The second-order valence-electron chi connectivity index (χ2n) is 5.73. The van der Waals surface area contributed by atoms with E-state index in [9.17, 15) is 4.79 Å². The van der Waals surface area contributed by atoms with E-state index in [-0.39, 0.29) is 12.0 Å². The maximum absolute atomic E-state index is 12.5. The van der Waals surface area contributed by atoms with Crippen molar-refractivity contribution in [1.29, 1.82) is 0 Å². The van der Waals surface area contributed by atoms with Crippen molar-refractivity contribution in [3.05, 3.63) is 71.3 Å². The van der Waals surface area contributed by atoms with E-state index >= 15 is 0 Å². The largest absolute Gasteiger partial charge is 0.462 e. The quantitative estimate of drug-likeness (QED) is 0.843. The SMILES string of the molecule is CCOC(=O)C1=C(C)C[C@H](c2ccccc2)Nc2ccccc21. The Labute approximate surface area is 137 Å². The smallest absolute Gasteiger partial charge is 0.338 e. The lowest BCUT2D eigenvalue weighted by molar-refractivity contribution is -0.136. The summed E-state index contributed by atoms with van der Waals surface area (Å²) >= 11 is 0. The highest BCUT2D eigenvalue weighted by Crippen LogP contribution is 2.37. The molecule has 0 aromatic heterocycles. The number of ether oxygens (including phenoxy) is 1. The van der Waals surface area contributed by atoms with Crippen molar-refractivity contribution >= 4 is 17.2 Å². The number of benzene rings is 2. The summed E-state index contributed by atoms with van der Waals surface area (Å²) in [5.74, 6) is -0.243. The van der Waals surface area contributed by atoms with Crippen LogP contribution in [0.5, 0.6) is 0 Å². The van der Waals surface area contributed by atoms with Crippen LogP contribution >= 0.6 is 0 Å². The van der Waals surface area contributed by atoms with Crippen LogP contribution in [-0.4, -0.2) is 12.6 Å². The van der Waals surface area contributed by atoms with E-state index in [2.05, 4.69) is 17.4 Å². The third-order valence-electron chi connectivity index (χ3n) is 4.14. The van der Waals surface area contributed by atoms with Crippen molar-refractivity contribution < 1.29 is 9.53 Å². The molecule has 0 bridgehead atoms. The fourth-order valence-corrected chi connectivity index (χ4v) is 3.08. The summed E-state index contributed by atoms with van der Waals surface area (Å²) in [5.41, 5.74) is 4.85. The van der Waals surface area contributed by atoms with Crippen LogP contribution in [0.25, 0.3) is 5.57 Å². The van der Waals surface area contributed by atoms with Gasteiger partial charge in [-0.05, 0) is 31.9 Å². The van der Waals surface area contributed by atoms with Gasteiger partial charge in [-0.25, -0.2) is 4.79 Å². The topological polar surface area (TPSA) is 38.3 Å². The maximum Gasteiger partial charge on any atom is 0.338 e. The lowest BCUT2D eigenvalue weighted by Gasteiger charge is -2.19. The molecule has 2 aromatic carbocycles. The van der Waals surface area contributed by atoms with Crippen molar-refractivity contribution in [2.24, 2.45) is 0 Å². The number of rotatable bonds is 3. The molecule has 2 aromatic rings. The average molecular weight is 307 g/mol. The molecule has 0 fully saturated rings. The molecule has 3 heteroatoms. The standard InChI is InChI=1S/C20H21NO2/c1-3-23-20(22)19-14(2)13-18(15-9-5-4-6-10-15)21-17-12-8-7-11-16(17)19/h4-12,18,21H,3,13H2,1-2H3/t18-/m1/s1. The third kappa shape index (κ3) is 3.14. The Balaban J connectivity index is 2.08. The molecule has 1 aliphatic rings. The van der Waals surface area contributed by atoms with E-state index in [0.29, 0.717) is 12.2 Å².